The van der Waals surface area contributed by atoms with Crippen molar-refractivity contribution in [1.82, 2.24) is 15.5 Å². The zero-order chi connectivity index (χ0) is 12.1. The van der Waals surface area contributed by atoms with Crippen LogP contribution < -0.4 is 16.6 Å². The molecule has 0 saturated heterocycles. The van der Waals surface area contributed by atoms with E-state index in [-0.39, 0.29) is 12.5 Å². The van der Waals surface area contributed by atoms with E-state index in [1.54, 1.807) is 24.3 Å². The minimum absolute atomic E-state index is 0.210. The first-order valence-electron chi connectivity index (χ1n) is 4.89. The van der Waals surface area contributed by atoms with Crippen molar-refractivity contribution in [3.8, 4) is 0 Å². The van der Waals surface area contributed by atoms with E-state index >= 15 is 0 Å². The average molecular weight is 233 g/mol. The number of carbonyl (C=O) groups excluding carboxylic acids is 1. The molecule has 1 amide bonds. The normalized spacial score (nSPS) is 9.94. The molecular formula is C10H11N5O2. The monoisotopic (exact) mass is 233 g/mol. The Labute approximate surface area is 97.0 Å². The highest BCUT2D eigenvalue weighted by atomic mass is 16.5. The molecule has 0 saturated carbocycles. The zero-order valence-corrected chi connectivity index (χ0v) is 8.88. The van der Waals surface area contributed by atoms with Crippen molar-refractivity contribution in [2.45, 2.75) is 6.54 Å². The van der Waals surface area contributed by atoms with Gasteiger partial charge in [0.05, 0.1) is 6.54 Å². The molecule has 0 atom stereocenters. The standard InChI is InChI=1S/C10H11N5O2/c11-14-8-3-1-7(2-4-8)10(16)12-5-9-13-6-17-15-9/h1-4,6,14H,5,11H2,(H,12,16). The fraction of sp³-hybridized carbons (Fsp3) is 0.100. The molecule has 0 aliphatic rings. The maximum atomic E-state index is 11.7. The van der Waals surface area contributed by atoms with Crippen LogP contribution in [0.3, 0.4) is 0 Å². The molecule has 2 aromatic rings. The van der Waals surface area contributed by atoms with Crippen molar-refractivity contribution in [2.24, 2.45) is 5.84 Å². The second kappa shape index (κ2) is 5.08. The third kappa shape index (κ3) is 2.79. The molecule has 1 aromatic heterocycles. The van der Waals surface area contributed by atoms with Crippen LogP contribution in [0.2, 0.25) is 0 Å². The van der Waals surface area contributed by atoms with E-state index in [9.17, 15) is 4.79 Å². The SMILES string of the molecule is NNc1ccc(C(=O)NCc2ncon2)cc1. The van der Waals surface area contributed by atoms with Crippen LogP contribution in [0.15, 0.2) is 35.2 Å². The molecular weight excluding hydrogens is 222 g/mol. The Hall–Kier alpha value is -2.41. The van der Waals surface area contributed by atoms with Crippen LogP contribution in [0.5, 0.6) is 0 Å². The number of carbonyl (C=O) groups is 1. The fourth-order valence-electron chi connectivity index (χ4n) is 1.25. The Morgan fingerprint density at radius 1 is 1.35 bits per heavy atom. The predicted octanol–water partition coefficient (Wildman–Crippen LogP) is 0.285. The van der Waals surface area contributed by atoms with Gasteiger partial charge in [0, 0.05) is 11.3 Å². The molecule has 4 N–H and O–H groups in total. The summed E-state index contributed by atoms with van der Waals surface area (Å²) in [7, 11) is 0. The van der Waals surface area contributed by atoms with Gasteiger partial charge in [-0.1, -0.05) is 5.16 Å². The highest BCUT2D eigenvalue weighted by Crippen LogP contribution is 2.07. The molecule has 88 valence electrons. The summed E-state index contributed by atoms with van der Waals surface area (Å²) >= 11 is 0. The lowest BCUT2D eigenvalue weighted by Crippen LogP contribution is -2.23. The van der Waals surface area contributed by atoms with Crippen LogP contribution in [-0.4, -0.2) is 16.0 Å². The van der Waals surface area contributed by atoms with E-state index in [0.29, 0.717) is 11.4 Å². The lowest BCUT2D eigenvalue weighted by atomic mass is 10.2. The first-order chi connectivity index (χ1) is 8.29. The Morgan fingerprint density at radius 3 is 2.71 bits per heavy atom. The summed E-state index contributed by atoms with van der Waals surface area (Å²) < 4.78 is 4.55. The van der Waals surface area contributed by atoms with E-state index in [2.05, 4.69) is 25.4 Å². The Balaban J connectivity index is 1.95. The number of rotatable bonds is 4. The molecule has 0 spiro atoms. The quantitative estimate of drug-likeness (QED) is 0.517. The summed E-state index contributed by atoms with van der Waals surface area (Å²) in [6, 6.07) is 6.76. The van der Waals surface area contributed by atoms with E-state index < -0.39 is 0 Å². The minimum atomic E-state index is -0.210. The van der Waals surface area contributed by atoms with Crippen LogP contribution >= 0.6 is 0 Å². The number of hydrogen-bond acceptors (Lipinski definition) is 6. The summed E-state index contributed by atoms with van der Waals surface area (Å²) in [5.41, 5.74) is 3.75. The zero-order valence-electron chi connectivity index (χ0n) is 8.88. The van der Waals surface area contributed by atoms with Crippen LogP contribution in [0.1, 0.15) is 16.2 Å². The number of amides is 1. The highest BCUT2D eigenvalue weighted by Gasteiger charge is 2.06. The van der Waals surface area contributed by atoms with Crippen LogP contribution in [0.25, 0.3) is 0 Å². The molecule has 1 aromatic carbocycles. The Morgan fingerprint density at radius 2 is 2.12 bits per heavy atom. The third-order valence-corrected chi connectivity index (χ3v) is 2.13. The fourth-order valence-corrected chi connectivity index (χ4v) is 1.25. The molecule has 17 heavy (non-hydrogen) atoms. The number of nitrogens with two attached hydrogens (primary N) is 1. The lowest BCUT2D eigenvalue weighted by molar-refractivity contribution is 0.0949. The van der Waals surface area contributed by atoms with Gasteiger partial charge in [-0.15, -0.1) is 0 Å². The number of nitrogens with zero attached hydrogens (tertiary/aromatic N) is 2. The van der Waals surface area contributed by atoms with Crippen molar-refractivity contribution in [3.63, 3.8) is 0 Å². The van der Waals surface area contributed by atoms with Gasteiger partial charge in [0.2, 0.25) is 6.39 Å². The summed E-state index contributed by atoms with van der Waals surface area (Å²) in [5, 5.41) is 6.25. The van der Waals surface area contributed by atoms with Crippen LogP contribution in [-0.2, 0) is 6.54 Å². The van der Waals surface area contributed by atoms with E-state index in [1.165, 1.54) is 6.39 Å². The second-order valence-electron chi connectivity index (χ2n) is 3.25. The lowest BCUT2D eigenvalue weighted by Gasteiger charge is -2.04. The number of hydrogen-bond donors (Lipinski definition) is 3. The molecule has 0 aliphatic heterocycles. The highest BCUT2D eigenvalue weighted by molar-refractivity contribution is 5.94. The van der Waals surface area contributed by atoms with Gasteiger partial charge in [-0.05, 0) is 24.3 Å². The van der Waals surface area contributed by atoms with E-state index in [0.717, 1.165) is 5.69 Å². The maximum absolute atomic E-state index is 11.7. The number of nitrogen functional groups attached to an aromatic ring is 1. The Bertz CT molecular complexity index is 480. The summed E-state index contributed by atoms with van der Waals surface area (Å²) in [5.74, 6) is 5.44. The number of hydrazine groups is 1. The molecule has 1 heterocycles. The number of nitrogens with one attached hydrogen (secondary N) is 2. The van der Waals surface area contributed by atoms with Gasteiger partial charge in [-0.3, -0.25) is 10.6 Å². The van der Waals surface area contributed by atoms with Gasteiger partial charge in [0.1, 0.15) is 0 Å². The molecule has 2 rings (SSSR count). The number of anilines is 1. The van der Waals surface area contributed by atoms with Crippen molar-refractivity contribution in [3.05, 3.63) is 42.0 Å². The molecule has 7 nitrogen and oxygen atoms in total. The van der Waals surface area contributed by atoms with Gasteiger partial charge in [0.25, 0.3) is 5.91 Å². The van der Waals surface area contributed by atoms with Crippen molar-refractivity contribution in [1.29, 1.82) is 0 Å². The first kappa shape index (κ1) is 11.1. The van der Waals surface area contributed by atoms with Gasteiger partial charge < -0.3 is 15.3 Å². The molecule has 0 aliphatic carbocycles. The molecule has 0 fully saturated rings. The third-order valence-electron chi connectivity index (χ3n) is 2.13. The average Bonchev–Trinajstić information content (AvgIpc) is 2.89. The Kier molecular flexibility index (Phi) is 3.31. The molecule has 7 heteroatoms. The van der Waals surface area contributed by atoms with Gasteiger partial charge in [-0.2, -0.15) is 4.98 Å². The van der Waals surface area contributed by atoms with Gasteiger partial charge in [0.15, 0.2) is 5.82 Å². The first-order valence-corrected chi connectivity index (χ1v) is 4.89. The van der Waals surface area contributed by atoms with Gasteiger partial charge in [-0.25, -0.2) is 0 Å². The summed E-state index contributed by atoms with van der Waals surface area (Å²) in [4.78, 5) is 15.5. The van der Waals surface area contributed by atoms with E-state index in [4.69, 9.17) is 5.84 Å². The predicted molar refractivity (Wildman–Crippen MR) is 59.7 cm³/mol. The topological polar surface area (TPSA) is 106 Å². The smallest absolute Gasteiger partial charge is 0.251 e. The van der Waals surface area contributed by atoms with Crippen molar-refractivity contribution >= 4 is 11.6 Å². The van der Waals surface area contributed by atoms with Crippen LogP contribution in [0, 0.1) is 0 Å². The second-order valence-corrected chi connectivity index (χ2v) is 3.25. The van der Waals surface area contributed by atoms with Gasteiger partial charge >= 0.3 is 0 Å². The largest absolute Gasteiger partial charge is 0.345 e. The number of benzene rings is 1. The van der Waals surface area contributed by atoms with Crippen molar-refractivity contribution < 1.29 is 9.32 Å². The van der Waals surface area contributed by atoms with Crippen LogP contribution in [0.4, 0.5) is 5.69 Å². The maximum Gasteiger partial charge on any atom is 0.251 e. The summed E-state index contributed by atoms with van der Waals surface area (Å²) in [6.07, 6.45) is 1.21. The van der Waals surface area contributed by atoms with E-state index in [1.807, 2.05) is 0 Å². The molecule has 0 unspecified atom stereocenters. The summed E-state index contributed by atoms with van der Waals surface area (Å²) in [6.45, 7) is 0.228. The van der Waals surface area contributed by atoms with Crippen molar-refractivity contribution in [2.75, 3.05) is 5.43 Å². The number of aromatic nitrogens is 2. The molecule has 0 bridgehead atoms. The molecule has 0 radical (unpaired) electrons. The minimum Gasteiger partial charge on any atom is -0.345 e.